The third-order valence-electron chi connectivity index (χ3n) is 6.25. The predicted molar refractivity (Wildman–Crippen MR) is 72.7 cm³/mol. The molecule has 23 heavy (non-hydrogen) atoms. The molecule has 4 saturated carbocycles. The number of hydrogen-bond acceptors (Lipinski definition) is 3. The van der Waals surface area contributed by atoms with Crippen molar-refractivity contribution in [1.29, 1.82) is 0 Å². The second kappa shape index (κ2) is 4.60. The molecule has 0 aromatic carbocycles. The summed E-state index contributed by atoms with van der Waals surface area (Å²) in [5.74, 6) is -6.88. The van der Waals surface area contributed by atoms with Gasteiger partial charge in [0.15, 0.2) is 0 Å². The van der Waals surface area contributed by atoms with E-state index >= 15 is 0 Å². The Labute approximate surface area is 132 Å². The second-order valence-corrected chi connectivity index (χ2v) is 9.35. The average molecular weight is 360 g/mol. The van der Waals surface area contributed by atoms with E-state index in [1.54, 1.807) is 0 Å². The molecule has 9 heteroatoms. The molecule has 4 rings (SSSR count). The van der Waals surface area contributed by atoms with E-state index in [1.807, 2.05) is 0 Å². The first-order valence-corrected chi connectivity index (χ1v) is 9.12. The molecular formula is C14H20F4O4S. The fourth-order valence-corrected chi connectivity index (χ4v) is 6.12. The molecule has 0 aliphatic heterocycles. The molecule has 4 aliphatic rings. The summed E-state index contributed by atoms with van der Waals surface area (Å²) in [7, 11) is -6.24. The van der Waals surface area contributed by atoms with Crippen molar-refractivity contribution in [3.63, 3.8) is 0 Å². The van der Waals surface area contributed by atoms with Crippen LogP contribution in [0.4, 0.5) is 17.6 Å². The Morgan fingerprint density at radius 3 is 1.96 bits per heavy atom. The molecule has 0 aromatic heterocycles. The Morgan fingerprint density at radius 2 is 1.57 bits per heavy atom. The lowest BCUT2D eigenvalue weighted by atomic mass is 9.44. The van der Waals surface area contributed by atoms with Gasteiger partial charge < -0.3 is 5.11 Å². The minimum absolute atomic E-state index is 0.00106. The van der Waals surface area contributed by atoms with Gasteiger partial charge in [0.1, 0.15) is 0 Å². The molecule has 3 unspecified atom stereocenters. The van der Waals surface area contributed by atoms with E-state index in [-0.39, 0.29) is 31.1 Å². The zero-order valence-corrected chi connectivity index (χ0v) is 13.4. The van der Waals surface area contributed by atoms with Crippen molar-refractivity contribution in [2.75, 3.05) is 0 Å². The van der Waals surface area contributed by atoms with Gasteiger partial charge in [0.25, 0.3) is 0 Å². The van der Waals surface area contributed by atoms with Crippen LogP contribution in [0.2, 0.25) is 0 Å². The Balaban J connectivity index is 1.98. The molecule has 2 N–H and O–H groups in total. The first-order chi connectivity index (χ1) is 10.2. The molecule has 0 amide bonds. The summed E-state index contributed by atoms with van der Waals surface area (Å²) in [5, 5.41) is 4.99. The van der Waals surface area contributed by atoms with Crippen molar-refractivity contribution in [2.45, 2.75) is 62.2 Å². The minimum atomic E-state index is -6.24. The lowest BCUT2D eigenvalue weighted by Gasteiger charge is -2.62. The average Bonchev–Trinajstić information content (AvgIpc) is 2.33. The lowest BCUT2D eigenvalue weighted by Crippen LogP contribution is -2.63. The fourth-order valence-electron chi connectivity index (χ4n) is 5.60. The highest BCUT2D eigenvalue weighted by Crippen LogP contribution is 2.67. The van der Waals surface area contributed by atoms with Crippen LogP contribution in [0.1, 0.15) is 45.4 Å². The quantitative estimate of drug-likeness (QED) is 0.597. The Hall–Kier alpha value is -0.410. The summed E-state index contributed by atoms with van der Waals surface area (Å²) in [6.07, 6.45) is 2.30. The van der Waals surface area contributed by atoms with Crippen molar-refractivity contribution < 1.29 is 35.6 Å². The van der Waals surface area contributed by atoms with E-state index < -0.39 is 38.2 Å². The molecule has 0 radical (unpaired) electrons. The zero-order chi connectivity index (χ0) is 17.5. The van der Waals surface area contributed by atoms with Crippen LogP contribution in [0, 0.1) is 23.2 Å². The van der Waals surface area contributed by atoms with Crippen LogP contribution in [0.25, 0.3) is 0 Å². The van der Waals surface area contributed by atoms with Crippen LogP contribution in [0.3, 0.4) is 0 Å². The van der Waals surface area contributed by atoms with Gasteiger partial charge in [-0.1, -0.05) is 6.92 Å². The van der Waals surface area contributed by atoms with Gasteiger partial charge in [0.2, 0.25) is 0 Å². The van der Waals surface area contributed by atoms with Gasteiger partial charge in [-0.05, 0) is 55.8 Å². The van der Waals surface area contributed by atoms with Crippen molar-refractivity contribution in [3.8, 4) is 0 Å². The third-order valence-corrected chi connectivity index (χ3v) is 7.17. The molecule has 134 valence electrons. The monoisotopic (exact) mass is 360 g/mol. The maximum Gasteiger partial charge on any atom is 0.431 e. The summed E-state index contributed by atoms with van der Waals surface area (Å²) in [6, 6.07) is 0. The molecule has 4 aliphatic carbocycles. The maximum absolute atomic E-state index is 14.4. The van der Waals surface area contributed by atoms with Crippen molar-refractivity contribution in [3.05, 3.63) is 0 Å². The van der Waals surface area contributed by atoms with Crippen LogP contribution < -0.4 is 0 Å². The summed E-state index contributed by atoms with van der Waals surface area (Å²) in [5.41, 5.74) is -2.35. The first kappa shape index (κ1) is 17.4. The van der Waals surface area contributed by atoms with Gasteiger partial charge in [0.05, 0.1) is 5.60 Å². The zero-order valence-electron chi connectivity index (χ0n) is 12.6. The Morgan fingerprint density at radius 1 is 1.09 bits per heavy atom. The van der Waals surface area contributed by atoms with Gasteiger partial charge in [-0.3, -0.25) is 4.55 Å². The van der Waals surface area contributed by atoms with Crippen LogP contribution in [0.5, 0.6) is 0 Å². The van der Waals surface area contributed by atoms with Crippen LogP contribution >= 0.6 is 0 Å². The van der Waals surface area contributed by atoms with E-state index in [0.29, 0.717) is 12.8 Å². The fraction of sp³-hybridized carbons (Fsp3) is 1.00. The van der Waals surface area contributed by atoms with Crippen molar-refractivity contribution in [2.24, 2.45) is 23.2 Å². The first-order valence-electron chi connectivity index (χ1n) is 7.68. The molecule has 0 heterocycles. The van der Waals surface area contributed by atoms with E-state index in [0.717, 1.165) is 13.3 Å². The standard InChI is InChI=1S/C14H20F4O4S/c1-8(13(15,16)14(17,18)23(20,21)22)11-3-9-2-10(4-11)6-12(19,5-9)7-11/h8-10,19H,2-7H2,1H3,(H,20,21,22). The van der Waals surface area contributed by atoms with Gasteiger partial charge in [-0.25, -0.2) is 0 Å². The molecule has 4 bridgehead atoms. The van der Waals surface area contributed by atoms with E-state index in [1.165, 1.54) is 0 Å². The predicted octanol–water partition coefficient (Wildman–Crippen LogP) is 3.07. The van der Waals surface area contributed by atoms with E-state index in [9.17, 15) is 31.1 Å². The normalized spacial score (nSPS) is 42.0. The molecular weight excluding hydrogens is 340 g/mol. The second-order valence-electron chi connectivity index (χ2n) is 7.88. The van der Waals surface area contributed by atoms with Crippen molar-refractivity contribution >= 4 is 10.1 Å². The molecule has 3 atom stereocenters. The van der Waals surface area contributed by atoms with Gasteiger partial charge in [-0.15, -0.1) is 0 Å². The smallest absolute Gasteiger partial charge is 0.390 e. The van der Waals surface area contributed by atoms with Gasteiger partial charge in [-0.2, -0.15) is 26.0 Å². The highest BCUT2D eigenvalue weighted by molar-refractivity contribution is 7.87. The lowest BCUT2D eigenvalue weighted by molar-refractivity contribution is -0.255. The molecule has 0 aromatic rings. The van der Waals surface area contributed by atoms with Gasteiger partial charge in [0, 0.05) is 5.92 Å². The third kappa shape index (κ3) is 2.33. The number of aliphatic hydroxyl groups is 1. The SMILES string of the molecule is CC(C12CC3CC(CC(O)(C3)C1)C2)C(F)(F)C(F)(F)S(=O)(=O)O. The number of hydrogen-bond donors (Lipinski definition) is 2. The van der Waals surface area contributed by atoms with E-state index in [2.05, 4.69) is 0 Å². The Kier molecular flexibility index (Phi) is 3.49. The molecule has 0 saturated heterocycles. The minimum Gasteiger partial charge on any atom is -0.390 e. The van der Waals surface area contributed by atoms with Crippen LogP contribution in [0.15, 0.2) is 0 Å². The van der Waals surface area contributed by atoms with Crippen LogP contribution in [-0.4, -0.2) is 34.9 Å². The molecule has 4 fully saturated rings. The van der Waals surface area contributed by atoms with E-state index in [4.69, 9.17) is 4.55 Å². The highest BCUT2D eigenvalue weighted by Gasteiger charge is 2.73. The summed E-state index contributed by atoms with van der Waals surface area (Å²) < 4.78 is 86.2. The summed E-state index contributed by atoms with van der Waals surface area (Å²) in [6.45, 7) is 0.912. The van der Waals surface area contributed by atoms with Crippen molar-refractivity contribution in [1.82, 2.24) is 0 Å². The number of halogens is 4. The molecule has 0 spiro atoms. The topological polar surface area (TPSA) is 74.6 Å². The highest BCUT2D eigenvalue weighted by atomic mass is 32.2. The largest absolute Gasteiger partial charge is 0.431 e. The number of rotatable bonds is 4. The van der Waals surface area contributed by atoms with Gasteiger partial charge >= 0.3 is 21.3 Å². The summed E-state index contributed by atoms with van der Waals surface area (Å²) in [4.78, 5) is 0. The maximum atomic E-state index is 14.4. The summed E-state index contributed by atoms with van der Waals surface area (Å²) >= 11 is 0. The molecule has 4 nitrogen and oxygen atoms in total. The Bertz CT molecular complexity index is 604. The number of alkyl halides is 4. The van der Waals surface area contributed by atoms with Crippen LogP contribution in [-0.2, 0) is 10.1 Å².